The summed E-state index contributed by atoms with van der Waals surface area (Å²) in [7, 11) is 1.23. The van der Waals surface area contributed by atoms with Crippen molar-refractivity contribution in [1.82, 2.24) is 4.98 Å². The highest BCUT2D eigenvalue weighted by atomic mass is 19.4. The Morgan fingerprint density at radius 1 is 1.12 bits per heavy atom. The van der Waals surface area contributed by atoms with E-state index >= 15 is 0 Å². The Balaban J connectivity index is 2.30. The van der Waals surface area contributed by atoms with Gasteiger partial charge in [0.05, 0.1) is 23.9 Å². The highest BCUT2D eigenvalue weighted by Crippen LogP contribution is 2.28. The van der Waals surface area contributed by atoms with Crippen LogP contribution >= 0.6 is 0 Å². The standard InChI is InChI=1S/C17H15F3N2O3/c1-9-4-5-11(16(24)25-3)8-13(9)22-15(23)12-6-7-14(17(18,19)20)21-10(12)2/h4-8H,1-3H3,(H,22,23). The quantitative estimate of drug-likeness (QED) is 0.854. The number of aryl methyl sites for hydroxylation is 2. The fourth-order valence-corrected chi connectivity index (χ4v) is 2.15. The molecule has 0 spiro atoms. The number of amides is 1. The number of carbonyl (C=O) groups is 2. The Kier molecular flexibility index (Phi) is 5.10. The first kappa shape index (κ1) is 18.4. The largest absolute Gasteiger partial charge is 0.465 e. The second kappa shape index (κ2) is 6.92. The van der Waals surface area contributed by atoms with Gasteiger partial charge < -0.3 is 10.1 Å². The summed E-state index contributed by atoms with van der Waals surface area (Å²) in [6, 6.07) is 6.42. The maximum Gasteiger partial charge on any atom is 0.433 e. The molecule has 0 saturated heterocycles. The summed E-state index contributed by atoms with van der Waals surface area (Å²) in [6.07, 6.45) is -4.58. The molecule has 0 unspecified atom stereocenters. The van der Waals surface area contributed by atoms with E-state index in [1.54, 1.807) is 19.1 Å². The molecular weight excluding hydrogens is 337 g/mol. The average molecular weight is 352 g/mol. The van der Waals surface area contributed by atoms with Gasteiger partial charge in [0, 0.05) is 5.69 Å². The molecule has 1 aromatic heterocycles. The molecule has 1 aromatic carbocycles. The summed E-state index contributed by atoms with van der Waals surface area (Å²) >= 11 is 0. The number of carbonyl (C=O) groups excluding carboxylic acids is 2. The second-order valence-corrected chi connectivity index (χ2v) is 5.30. The third-order valence-corrected chi connectivity index (χ3v) is 3.53. The molecule has 1 amide bonds. The Hall–Kier alpha value is -2.90. The third-order valence-electron chi connectivity index (χ3n) is 3.53. The monoisotopic (exact) mass is 352 g/mol. The molecule has 0 fully saturated rings. The number of hydrogen-bond donors (Lipinski definition) is 1. The SMILES string of the molecule is COC(=O)c1ccc(C)c(NC(=O)c2ccc(C(F)(F)F)nc2C)c1. The minimum absolute atomic E-state index is 0.0101. The molecule has 1 heterocycles. The number of alkyl halides is 3. The van der Waals surface area contributed by atoms with Gasteiger partial charge in [-0.05, 0) is 43.7 Å². The molecule has 0 atom stereocenters. The van der Waals surface area contributed by atoms with E-state index in [2.05, 4.69) is 15.0 Å². The number of anilines is 1. The molecule has 1 N–H and O–H groups in total. The van der Waals surface area contributed by atoms with Crippen molar-refractivity contribution in [2.24, 2.45) is 0 Å². The second-order valence-electron chi connectivity index (χ2n) is 5.30. The van der Waals surface area contributed by atoms with Crippen molar-refractivity contribution in [1.29, 1.82) is 0 Å². The molecule has 0 aliphatic carbocycles. The van der Waals surface area contributed by atoms with Crippen LogP contribution in [0.2, 0.25) is 0 Å². The van der Waals surface area contributed by atoms with Crippen LogP contribution in [-0.4, -0.2) is 24.0 Å². The van der Waals surface area contributed by atoms with Crippen molar-refractivity contribution < 1.29 is 27.5 Å². The Morgan fingerprint density at radius 2 is 1.80 bits per heavy atom. The first-order chi connectivity index (χ1) is 11.6. The van der Waals surface area contributed by atoms with E-state index in [0.29, 0.717) is 11.3 Å². The van der Waals surface area contributed by atoms with Gasteiger partial charge in [-0.15, -0.1) is 0 Å². The van der Waals surface area contributed by atoms with Gasteiger partial charge in [0.15, 0.2) is 0 Å². The van der Waals surface area contributed by atoms with Crippen molar-refractivity contribution in [2.75, 3.05) is 12.4 Å². The van der Waals surface area contributed by atoms with E-state index in [1.165, 1.54) is 20.1 Å². The zero-order chi connectivity index (χ0) is 18.8. The molecule has 0 aliphatic rings. The number of benzene rings is 1. The van der Waals surface area contributed by atoms with Crippen molar-refractivity contribution >= 4 is 17.6 Å². The summed E-state index contributed by atoms with van der Waals surface area (Å²) in [5.74, 6) is -1.19. The number of nitrogens with zero attached hydrogens (tertiary/aromatic N) is 1. The van der Waals surface area contributed by atoms with Crippen molar-refractivity contribution in [3.8, 4) is 0 Å². The van der Waals surface area contributed by atoms with Crippen LogP contribution in [0.15, 0.2) is 30.3 Å². The highest BCUT2D eigenvalue weighted by Gasteiger charge is 2.33. The van der Waals surface area contributed by atoms with Gasteiger partial charge in [0.1, 0.15) is 5.69 Å². The van der Waals surface area contributed by atoms with Crippen LogP contribution in [0, 0.1) is 13.8 Å². The van der Waals surface area contributed by atoms with Gasteiger partial charge in [0.25, 0.3) is 5.91 Å². The number of methoxy groups -OCH3 is 1. The Morgan fingerprint density at radius 3 is 2.36 bits per heavy atom. The number of rotatable bonds is 3. The molecule has 0 radical (unpaired) electrons. The van der Waals surface area contributed by atoms with Gasteiger partial charge in [-0.2, -0.15) is 13.2 Å². The van der Waals surface area contributed by atoms with Crippen molar-refractivity contribution in [3.05, 3.63) is 58.4 Å². The molecule has 0 aliphatic heterocycles. The van der Waals surface area contributed by atoms with Gasteiger partial charge in [0.2, 0.25) is 0 Å². The zero-order valence-electron chi connectivity index (χ0n) is 13.7. The molecule has 25 heavy (non-hydrogen) atoms. The number of hydrogen-bond acceptors (Lipinski definition) is 4. The van der Waals surface area contributed by atoms with Crippen LogP contribution in [0.5, 0.6) is 0 Å². The van der Waals surface area contributed by atoms with Gasteiger partial charge >= 0.3 is 12.1 Å². The summed E-state index contributed by atoms with van der Waals surface area (Å²) in [5, 5.41) is 2.58. The van der Waals surface area contributed by atoms with Crippen LogP contribution in [0.1, 0.15) is 37.7 Å². The summed E-state index contributed by atoms with van der Waals surface area (Å²) in [5.41, 5.74) is 0.173. The van der Waals surface area contributed by atoms with Crippen LogP contribution in [0.4, 0.5) is 18.9 Å². The van der Waals surface area contributed by atoms with Gasteiger partial charge in [-0.25, -0.2) is 9.78 Å². The lowest BCUT2D eigenvalue weighted by atomic mass is 10.1. The summed E-state index contributed by atoms with van der Waals surface area (Å²) in [6.45, 7) is 3.04. The minimum atomic E-state index is -4.58. The average Bonchev–Trinajstić information content (AvgIpc) is 2.55. The van der Waals surface area contributed by atoms with Crippen LogP contribution in [0.25, 0.3) is 0 Å². The fourth-order valence-electron chi connectivity index (χ4n) is 2.15. The van der Waals surface area contributed by atoms with Gasteiger partial charge in [-0.3, -0.25) is 4.79 Å². The number of ether oxygens (including phenoxy) is 1. The maximum atomic E-state index is 12.6. The molecule has 0 bridgehead atoms. The summed E-state index contributed by atoms with van der Waals surface area (Å²) in [4.78, 5) is 27.3. The normalized spacial score (nSPS) is 11.1. The topological polar surface area (TPSA) is 68.3 Å². The van der Waals surface area contributed by atoms with Crippen LogP contribution < -0.4 is 5.32 Å². The smallest absolute Gasteiger partial charge is 0.433 e. The molecule has 2 aromatic rings. The molecule has 0 saturated carbocycles. The lowest BCUT2D eigenvalue weighted by molar-refractivity contribution is -0.141. The molecular formula is C17H15F3N2O3. The predicted octanol–water partition coefficient (Wildman–Crippen LogP) is 3.76. The minimum Gasteiger partial charge on any atom is -0.465 e. The Labute approximate surface area is 141 Å². The van der Waals surface area contributed by atoms with E-state index in [4.69, 9.17) is 0 Å². The highest BCUT2D eigenvalue weighted by molar-refractivity contribution is 6.06. The van der Waals surface area contributed by atoms with E-state index < -0.39 is 23.7 Å². The van der Waals surface area contributed by atoms with E-state index in [1.807, 2.05) is 0 Å². The lowest BCUT2D eigenvalue weighted by Gasteiger charge is -2.12. The van der Waals surface area contributed by atoms with Crippen molar-refractivity contribution in [3.63, 3.8) is 0 Å². The number of esters is 1. The van der Waals surface area contributed by atoms with Crippen LogP contribution in [0.3, 0.4) is 0 Å². The number of aromatic nitrogens is 1. The predicted molar refractivity (Wildman–Crippen MR) is 84.4 cm³/mol. The number of halogens is 3. The van der Waals surface area contributed by atoms with E-state index in [0.717, 1.165) is 12.1 Å². The maximum absolute atomic E-state index is 12.6. The molecule has 8 heteroatoms. The summed E-state index contributed by atoms with van der Waals surface area (Å²) < 4.78 is 42.6. The lowest BCUT2D eigenvalue weighted by Crippen LogP contribution is -2.17. The first-order valence-electron chi connectivity index (χ1n) is 7.18. The van der Waals surface area contributed by atoms with E-state index in [-0.39, 0.29) is 16.8 Å². The Bertz CT molecular complexity index is 832. The number of nitrogens with one attached hydrogen (secondary N) is 1. The van der Waals surface area contributed by atoms with Crippen molar-refractivity contribution in [2.45, 2.75) is 20.0 Å². The van der Waals surface area contributed by atoms with E-state index in [9.17, 15) is 22.8 Å². The third kappa shape index (κ3) is 4.14. The molecule has 132 valence electrons. The zero-order valence-corrected chi connectivity index (χ0v) is 13.7. The fraction of sp³-hybridized carbons (Fsp3) is 0.235. The van der Waals surface area contributed by atoms with Crippen LogP contribution in [-0.2, 0) is 10.9 Å². The first-order valence-corrected chi connectivity index (χ1v) is 7.18. The molecule has 5 nitrogen and oxygen atoms in total. The van der Waals surface area contributed by atoms with Gasteiger partial charge in [-0.1, -0.05) is 6.07 Å². The number of pyridine rings is 1. The molecule has 2 rings (SSSR count).